The van der Waals surface area contributed by atoms with E-state index in [2.05, 4.69) is 15.2 Å². The maximum Gasteiger partial charge on any atom is 0.248 e. The number of carbonyl (C=O) groups is 1. The molecule has 5 rings (SSSR count). The van der Waals surface area contributed by atoms with Crippen LogP contribution in [0.3, 0.4) is 0 Å². The second-order valence-electron chi connectivity index (χ2n) is 8.75. The van der Waals surface area contributed by atoms with Gasteiger partial charge in [0.25, 0.3) is 0 Å². The van der Waals surface area contributed by atoms with Crippen LogP contribution in [0.25, 0.3) is 11.1 Å². The number of amides is 1. The van der Waals surface area contributed by atoms with Crippen LogP contribution in [0.2, 0.25) is 0 Å². The van der Waals surface area contributed by atoms with Gasteiger partial charge in [0.1, 0.15) is 23.0 Å². The summed E-state index contributed by atoms with van der Waals surface area (Å²) in [5.74, 6) is 2.66. The first-order valence-electron chi connectivity index (χ1n) is 12.6. The number of morpholine rings is 1. The molecule has 2 heterocycles. The molecule has 0 bridgehead atoms. The molecule has 1 amide bonds. The van der Waals surface area contributed by atoms with Crippen molar-refractivity contribution in [1.82, 2.24) is 9.88 Å². The lowest BCUT2D eigenvalue weighted by atomic mass is 10.1. The van der Waals surface area contributed by atoms with E-state index < -0.39 is 0 Å². The molecule has 192 valence electrons. The summed E-state index contributed by atoms with van der Waals surface area (Å²) in [6.45, 7) is 3.97. The first kappa shape index (κ1) is 25.2. The van der Waals surface area contributed by atoms with Gasteiger partial charge in [-0.2, -0.15) is 0 Å². The SMILES string of the molecule is O=C(C=CCN1CCOCC1)Nc1cccc(-c2cnccc2Oc2ccc(Oc3ccccc3)cc2)c1. The zero-order chi connectivity index (χ0) is 26.0. The van der Waals surface area contributed by atoms with E-state index in [9.17, 15) is 4.79 Å². The Morgan fingerprint density at radius 1 is 0.895 bits per heavy atom. The molecule has 38 heavy (non-hydrogen) atoms. The maximum absolute atomic E-state index is 12.5. The molecular weight excluding hydrogens is 478 g/mol. The van der Waals surface area contributed by atoms with Gasteiger partial charge in [0.2, 0.25) is 5.91 Å². The first-order chi connectivity index (χ1) is 18.7. The van der Waals surface area contributed by atoms with Crippen molar-refractivity contribution in [2.24, 2.45) is 0 Å². The van der Waals surface area contributed by atoms with E-state index >= 15 is 0 Å². The van der Waals surface area contributed by atoms with Crippen LogP contribution >= 0.6 is 0 Å². The number of carbonyl (C=O) groups excluding carboxylic acids is 1. The molecule has 0 spiro atoms. The van der Waals surface area contributed by atoms with Crippen molar-refractivity contribution in [3.8, 4) is 34.1 Å². The Morgan fingerprint density at radius 2 is 1.63 bits per heavy atom. The largest absolute Gasteiger partial charge is 0.457 e. The highest BCUT2D eigenvalue weighted by atomic mass is 16.5. The number of benzene rings is 3. The molecule has 0 radical (unpaired) electrons. The average molecular weight is 508 g/mol. The van der Waals surface area contributed by atoms with Gasteiger partial charge in [0, 0.05) is 49.4 Å². The van der Waals surface area contributed by atoms with E-state index in [4.69, 9.17) is 14.2 Å². The van der Waals surface area contributed by atoms with Crippen LogP contribution in [0.1, 0.15) is 0 Å². The summed E-state index contributed by atoms with van der Waals surface area (Å²) in [6.07, 6.45) is 6.90. The molecule has 1 aliphatic heterocycles. The predicted octanol–water partition coefficient (Wildman–Crippen LogP) is 6.16. The molecule has 1 N–H and O–H groups in total. The molecule has 0 atom stereocenters. The molecule has 0 unspecified atom stereocenters. The number of rotatable bonds is 9. The van der Waals surface area contributed by atoms with Crippen LogP contribution in [0.15, 0.2) is 109 Å². The lowest BCUT2D eigenvalue weighted by molar-refractivity contribution is -0.111. The number of ether oxygens (including phenoxy) is 3. The summed E-state index contributed by atoms with van der Waals surface area (Å²) in [5.41, 5.74) is 2.39. The van der Waals surface area contributed by atoms with Crippen LogP contribution < -0.4 is 14.8 Å². The second kappa shape index (κ2) is 12.7. The summed E-state index contributed by atoms with van der Waals surface area (Å²) in [5, 5.41) is 2.94. The van der Waals surface area contributed by atoms with E-state index in [1.807, 2.05) is 91.0 Å². The summed E-state index contributed by atoms with van der Waals surface area (Å²) in [4.78, 5) is 19.0. The number of nitrogens with one attached hydrogen (secondary N) is 1. The van der Waals surface area contributed by atoms with Crippen molar-refractivity contribution < 1.29 is 19.0 Å². The van der Waals surface area contributed by atoms with Gasteiger partial charge in [0.15, 0.2) is 0 Å². The Hall–Kier alpha value is -4.46. The number of anilines is 1. The minimum Gasteiger partial charge on any atom is -0.457 e. The molecule has 3 aromatic carbocycles. The summed E-state index contributed by atoms with van der Waals surface area (Å²) in [7, 11) is 0. The van der Waals surface area contributed by atoms with Crippen molar-refractivity contribution in [1.29, 1.82) is 0 Å². The minimum absolute atomic E-state index is 0.170. The molecule has 1 aliphatic rings. The highest BCUT2D eigenvalue weighted by Crippen LogP contribution is 2.34. The third-order valence-electron chi connectivity index (χ3n) is 5.99. The Kier molecular flexibility index (Phi) is 8.40. The highest BCUT2D eigenvalue weighted by Gasteiger charge is 2.11. The molecule has 1 aromatic heterocycles. The molecule has 1 fully saturated rings. The number of pyridine rings is 1. The maximum atomic E-state index is 12.5. The Labute approximate surface area is 222 Å². The summed E-state index contributed by atoms with van der Waals surface area (Å²) in [6, 6.07) is 26.5. The smallest absolute Gasteiger partial charge is 0.248 e. The summed E-state index contributed by atoms with van der Waals surface area (Å²) >= 11 is 0. The van der Waals surface area contributed by atoms with Gasteiger partial charge in [-0.25, -0.2) is 0 Å². The van der Waals surface area contributed by atoms with Crippen molar-refractivity contribution in [3.05, 3.63) is 109 Å². The van der Waals surface area contributed by atoms with Gasteiger partial charge >= 0.3 is 0 Å². The Balaban J connectivity index is 1.23. The lowest BCUT2D eigenvalue weighted by Crippen LogP contribution is -2.36. The fourth-order valence-corrected chi connectivity index (χ4v) is 4.06. The molecule has 7 nitrogen and oxygen atoms in total. The van der Waals surface area contributed by atoms with Gasteiger partial charge in [0.05, 0.1) is 13.2 Å². The van der Waals surface area contributed by atoms with E-state index in [0.717, 1.165) is 55.5 Å². The second-order valence-corrected chi connectivity index (χ2v) is 8.75. The van der Waals surface area contributed by atoms with E-state index in [1.165, 1.54) is 0 Å². The van der Waals surface area contributed by atoms with E-state index in [0.29, 0.717) is 17.2 Å². The Bertz CT molecular complexity index is 1370. The van der Waals surface area contributed by atoms with Crippen LogP contribution in [-0.2, 0) is 9.53 Å². The van der Waals surface area contributed by atoms with Gasteiger partial charge in [-0.3, -0.25) is 14.7 Å². The molecule has 0 aliphatic carbocycles. The molecule has 1 saturated heterocycles. The number of hydrogen-bond acceptors (Lipinski definition) is 6. The molecule has 7 heteroatoms. The standard InChI is InChI=1S/C31H29N3O4/c35-31(10-5-17-34-18-20-36-21-19-34)33-25-7-4-6-24(22-25)29-23-32-16-15-30(29)38-28-13-11-27(12-14-28)37-26-8-2-1-3-9-26/h1-16,22-23H,17-21H2,(H,33,35). The topological polar surface area (TPSA) is 72.9 Å². The number of hydrogen-bond donors (Lipinski definition) is 1. The number of aromatic nitrogens is 1. The van der Waals surface area contributed by atoms with E-state index in [-0.39, 0.29) is 5.91 Å². The van der Waals surface area contributed by atoms with Crippen molar-refractivity contribution in [3.63, 3.8) is 0 Å². The summed E-state index contributed by atoms with van der Waals surface area (Å²) < 4.78 is 17.4. The normalized spacial score (nSPS) is 13.8. The van der Waals surface area contributed by atoms with Crippen LogP contribution in [0.5, 0.6) is 23.0 Å². The minimum atomic E-state index is -0.170. The first-order valence-corrected chi connectivity index (χ1v) is 12.6. The third kappa shape index (κ3) is 7.06. The zero-order valence-electron chi connectivity index (χ0n) is 21.0. The van der Waals surface area contributed by atoms with Crippen molar-refractivity contribution >= 4 is 11.6 Å². The number of nitrogens with zero attached hydrogens (tertiary/aromatic N) is 2. The molecule has 0 saturated carbocycles. The number of para-hydroxylation sites is 1. The fraction of sp³-hybridized carbons (Fsp3) is 0.161. The molecular formula is C31H29N3O4. The van der Waals surface area contributed by atoms with Crippen molar-refractivity contribution in [2.45, 2.75) is 0 Å². The van der Waals surface area contributed by atoms with Crippen LogP contribution in [-0.4, -0.2) is 48.6 Å². The van der Waals surface area contributed by atoms with Crippen molar-refractivity contribution in [2.75, 3.05) is 38.2 Å². The monoisotopic (exact) mass is 507 g/mol. The quantitative estimate of drug-likeness (QED) is 0.274. The van der Waals surface area contributed by atoms with Crippen LogP contribution in [0, 0.1) is 0 Å². The van der Waals surface area contributed by atoms with Gasteiger partial charge < -0.3 is 19.5 Å². The highest BCUT2D eigenvalue weighted by molar-refractivity contribution is 5.99. The van der Waals surface area contributed by atoms with Gasteiger partial charge in [-0.15, -0.1) is 0 Å². The van der Waals surface area contributed by atoms with Gasteiger partial charge in [-0.1, -0.05) is 36.4 Å². The van der Waals surface area contributed by atoms with Gasteiger partial charge in [-0.05, 0) is 60.2 Å². The van der Waals surface area contributed by atoms with E-state index in [1.54, 1.807) is 18.5 Å². The zero-order valence-corrected chi connectivity index (χ0v) is 21.0. The lowest BCUT2D eigenvalue weighted by Gasteiger charge is -2.25. The average Bonchev–Trinajstić information content (AvgIpc) is 2.96. The van der Waals surface area contributed by atoms with Crippen LogP contribution in [0.4, 0.5) is 5.69 Å². The predicted molar refractivity (Wildman–Crippen MR) is 148 cm³/mol. The fourth-order valence-electron chi connectivity index (χ4n) is 4.06. The Morgan fingerprint density at radius 3 is 2.42 bits per heavy atom. The molecule has 4 aromatic rings. The third-order valence-corrected chi connectivity index (χ3v) is 5.99.